The van der Waals surface area contributed by atoms with Gasteiger partial charge >= 0.3 is 5.97 Å². The summed E-state index contributed by atoms with van der Waals surface area (Å²) in [6.07, 6.45) is 2.19. The highest BCUT2D eigenvalue weighted by molar-refractivity contribution is 7.07. The molecule has 0 radical (unpaired) electrons. The SMILES string of the molecule is COc1cc(OC(=O)c2cscn2)ccc1-c1ccc2c(c1COc1cc(F)ccc1C)C(C)=CC(C)(C)N2. The normalized spacial score (nSPS) is 13.6. The van der Waals surface area contributed by atoms with E-state index in [1.165, 1.54) is 23.5 Å². The van der Waals surface area contributed by atoms with E-state index in [1.807, 2.05) is 19.1 Å². The first-order chi connectivity index (χ1) is 18.6. The fourth-order valence-electron chi connectivity index (χ4n) is 4.91. The largest absolute Gasteiger partial charge is 0.496 e. The molecule has 4 aromatic rings. The smallest absolute Gasteiger partial charge is 0.363 e. The quantitative estimate of drug-likeness (QED) is 0.190. The van der Waals surface area contributed by atoms with Gasteiger partial charge in [-0.2, -0.15) is 0 Å². The number of esters is 1. The van der Waals surface area contributed by atoms with Gasteiger partial charge in [0.25, 0.3) is 0 Å². The number of methoxy groups -OCH3 is 1. The molecule has 39 heavy (non-hydrogen) atoms. The van der Waals surface area contributed by atoms with Crippen molar-refractivity contribution in [2.24, 2.45) is 0 Å². The number of aromatic nitrogens is 1. The van der Waals surface area contributed by atoms with Crippen molar-refractivity contribution in [3.63, 3.8) is 0 Å². The zero-order valence-corrected chi connectivity index (χ0v) is 23.2. The second-order valence-electron chi connectivity index (χ2n) is 10.0. The van der Waals surface area contributed by atoms with Crippen molar-refractivity contribution >= 4 is 28.6 Å². The summed E-state index contributed by atoms with van der Waals surface area (Å²) in [5.74, 6) is 0.482. The molecule has 1 aliphatic heterocycles. The van der Waals surface area contributed by atoms with Gasteiger partial charge in [-0.3, -0.25) is 0 Å². The Balaban J connectivity index is 1.57. The Bertz CT molecular complexity index is 1580. The summed E-state index contributed by atoms with van der Waals surface area (Å²) in [6, 6.07) is 13.9. The van der Waals surface area contributed by atoms with E-state index in [0.29, 0.717) is 17.2 Å². The summed E-state index contributed by atoms with van der Waals surface area (Å²) in [5.41, 5.74) is 8.23. The highest BCUT2D eigenvalue weighted by Crippen LogP contribution is 2.43. The average Bonchev–Trinajstić information content (AvgIpc) is 3.43. The van der Waals surface area contributed by atoms with Crippen molar-refractivity contribution in [2.75, 3.05) is 12.4 Å². The van der Waals surface area contributed by atoms with Crippen molar-refractivity contribution in [3.8, 4) is 28.4 Å². The Labute approximate surface area is 231 Å². The standard InChI is InChI=1S/C31H29FN2O4S/c1-18-6-7-20(32)12-27(18)37-15-24-22(10-11-25-29(24)19(2)14-31(3,4)34-25)23-9-8-21(13-28(23)36-5)38-30(35)26-16-39-17-33-26/h6-14,16-17,34H,15H2,1-5H3. The van der Waals surface area contributed by atoms with Crippen LogP contribution in [0.15, 0.2) is 65.5 Å². The number of anilines is 1. The average molecular weight is 545 g/mol. The lowest BCUT2D eigenvalue weighted by Gasteiger charge is -2.33. The van der Waals surface area contributed by atoms with E-state index >= 15 is 0 Å². The molecule has 0 aliphatic carbocycles. The highest BCUT2D eigenvalue weighted by atomic mass is 32.1. The van der Waals surface area contributed by atoms with Gasteiger partial charge in [0, 0.05) is 39.9 Å². The topological polar surface area (TPSA) is 69.7 Å². The molecular weight excluding hydrogens is 515 g/mol. The number of rotatable bonds is 7. The number of hydrogen-bond donors (Lipinski definition) is 1. The van der Waals surface area contributed by atoms with Crippen LogP contribution in [-0.2, 0) is 6.61 Å². The molecule has 0 atom stereocenters. The second-order valence-corrected chi connectivity index (χ2v) is 10.7. The Hall–Kier alpha value is -4.17. The molecule has 2 heterocycles. The Morgan fingerprint density at radius 2 is 1.85 bits per heavy atom. The van der Waals surface area contributed by atoms with E-state index in [2.05, 4.69) is 43.2 Å². The first-order valence-corrected chi connectivity index (χ1v) is 13.4. The molecule has 6 nitrogen and oxygen atoms in total. The number of carbonyl (C=O) groups is 1. The van der Waals surface area contributed by atoms with Gasteiger partial charge in [0.15, 0.2) is 5.69 Å². The number of halogens is 1. The minimum atomic E-state index is -0.533. The fourth-order valence-corrected chi connectivity index (χ4v) is 5.43. The lowest BCUT2D eigenvalue weighted by molar-refractivity contribution is 0.0729. The third-order valence-electron chi connectivity index (χ3n) is 6.58. The molecule has 200 valence electrons. The molecule has 1 aromatic heterocycles. The minimum Gasteiger partial charge on any atom is -0.496 e. The van der Waals surface area contributed by atoms with Gasteiger partial charge in [-0.1, -0.05) is 18.2 Å². The number of hydrogen-bond acceptors (Lipinski definition) is 7. The molecule has 1 N–H and O–H groups in total. The number of thiazole rings is 1. The van der Waals surface area contributed by atoms with Crippen LogP contribution in [0, 0.1) is 12.7 Å². The predicted octanol–water partition coefficient (Wildman–Crippen LogP) is 7.67. The number of ether oxygens (including phenoxy) is 3. The Kier molecular flexibility index (Phi) is 7.14. The molecule has 0 amide bonds. The van der Waals surface area contributed by atoms with Crippen molar-refractivity contribution in [2.45, 2.75) is 39.8 Å². The molecule has 3 aromatic carbocycles. The van der Waals surface area contributed by atoms with Crippen LogP contribution in [-0.4, -0.2) is 23.6 Å². The molecule has 0 fully saturated rings. The van der Waals surface area contributed by atoms with E-state index in [9.17, 15) is 9.18 Å². The maximum atomic E-state index is 14.0. The van der Waals surface area contributed by atoms with Crippen molar-refractivity contribution in [3.05, 3.63) is 93.7 Å². The van der Waals surface area contributed by atoms with E-state index < -0.39 is 5.97 Å². The van der Waals surface area contributed by atoms with Gasteiger partial charge < -0.3 is 19.5 Å². The van der Waals surface area contributed by atoms with Crippen molar-refractivity contribution in [1.29, 1.82) is 0 Å². The van der Waals surface area contributed by atoms with Crippen LogP contribution < -0.4 is 19.5 Å². The van der Waals surface area contributed by atoms with Crippen LogP contribution >= 0.6 is 11.3 Å². The summed E-state index contributed by atoms with van der Waals surface area (Å²) in [4.78, 5) is 16.4. The maximum absolute atomic E-state index is 14.0. The van der Waals surface area contributed by atoms with Gasteiger partial charge in [-0.05, 0) is 68.7 Å². The first kappa shape index (κ1) is 26.4. The molecule has 5 rings (SSSR count). The number of nitrogens with one attached hydrogen (secondary N) is 1. The van der Waals surface area contributed by atoms with Crippen LogP contribution in [0.5, 0.6) is 17.2 Å². The molecule has 1 aliphatic rings. The molecule has 8 heteroatoms. The molecule has 0 saturated heterocycles. The summed E-state index contributed by atoms with van der Waals surface area (Å²) < 4.78 is 31.5. The van der Waals surface area contributed by atoms with Crippen LogP contribution in [0.3, 0.4) is 0 Å². The third-order valence-corrected chi connectivity index (χ3v) is 7.17. The number of carbonyl (C=O) groups excluding carboxylic acids is 1. The summed E-state index contributed by atoms with van der Waals surface area (Å²) in [5, 5.41) is 5.23. The maximum Gasteiger partial charge on any atom is 0.363 e. The molecule has 0 unspecified atom stereocenters. The second kappa shape index (κ2) is 10.5. The molecular formula is C31H29FN2O4S. The van der Waals surface area contributed by atoms with Crippen molar-refractivity contribution in [1.82, 2.24) is 4.98 Å². The van der Waals surface area contributed by atoms with E-state index in [4.69, 9.17) is 14.2 Å². The molecule has 0 spiro atoms. The van der Waals surface area contributed by atoms with Gasteiger partial charge in [-0.15, -0.1) is 11.3 Å². The number of benzene rings is 3. The first-order valence-electron chi connectivity index (χ1n) is 12.5. The number of fused-ring (bicyclic) bond motifs is 1. The Morgan fingerprint density at radius 3 is 2.59 bits per heavy atom. The van der Waals surface area contributed by atoms with Gasteiger partial charge in [0.2, 0.25) is 0 Å². The number of allylic oxidation sites excluding steroid dienone is 1. The lowest BCUT2D eigenvalue weighted by atomic mass is 9.85. The summed E-state index contributed by atoms with van der Waals surface area (Å²) >= 11 is 1.32. The zero-order valence-electron chi connectivity index (χ0n) is 22.4. The summed E-state index contributed by atoms with van der Waals surface area (Å²) in [7, 11) is 1.57. The zero-order chi connectivity index (χ0) is 27.7. The van der Waals surface area contributed by atoms with Crippen LogP contribution in [0.2, 0.25) is 0 Å². The minimum absolute atomic E-state index is 0.208. The molecule has 0 bridgehead atoms. The predicted molar refractivity (Wildman–Crippen MR) is 152 cm³/mol. The van der Waals surface area contributed by atoms with Crippen LogP contribution in [0.25, 0.3) is 16.7 Å². The fraction of sp³-hybridized carbons (Fsp3) is 0.226. The van der Waals surface area contributed by atoms with E-state index in [0.717, 1.165) is 39.1 Å². The number of nitrogens with zero attached hydrogens (tertiary/aromatic N) is 1. The van der Waals surface area contributed by atoms with E-state index in [-0.39, 0.29) is 23.7 Å². The lowest BCUT2D eigenvalue weighted by Crippen LogP contribution is -2.32. The van der Waals surface area contributed by atoms with Crippen LogP contribution in [0.4, 0.5) is 10.1 Å². The number of aryl methyl sites for hydroxylation is 1. The Morgan fingerprint density at radius 1 is 1.05 bits per heavy atom. The highest BCUT2D eigenvalue weighted by Gasteiger charge is 2.27. The van der Waals surface area contributed by atoms with Gasteiger partial charge in [0.05, 0.1) is 18.2 Å². The third kappa shape index (κ3) is 5.52. The van der Waals surface area contributed by atoms with Gasteiger partial charge in [-0.25, -0.2) is 14.2 Å². The van der Waals surface area contributed by atoms with E-state index in [1.54, 1.807) is 36.2 Å². The molecule has 0 saturated carbocycles. The monoisotopic (exact) mass is 544 g/mol. The van der Waals surface area contributed by atoms with Crippen LogP contribution in [0.1, 0.15) is 48.0 Å². The van der Waals surface area contributed by atoms with Crippen molar-refractivity contribution < 1.29 is 23.4 Å². The summed E-state index contributed by atoms with van der Waals surface area (Å²) in [6.45, 7) is 8.42. The van der Waals surface area contributed by atoms with Gasteiger partial charge in [0.1, 0.15) is 29.7 Å².